The van der Waals surface area contributed by atoms with Gasteiger partial charge in [-0.25, -0.2) is 14.7 Å². The molecule has 0 saturated carbocycles. The normalized spacial score (nSPS) is 25.4. The van der Waals surface area contributed by atoms with Gasteiger partial charge >= 0.3 is 6.03 Å². The Balaban J connectivity index is 1.96. The third-order valence-corrected chi connectivity index (χ3v) is 5.40. The molecule has 0 spiro atoms. The summed E-state index contributed by atoms with van der Waals surface area (Å²) >= 11 is 1.05. The van der Waals surface area contributed by atoms with E-state index >= 15 is 0 Å². The molecule has 1 aromatic heterocycles. The first-order valence-electron chi connectivity index (χ1n) is 7.13. The number of amides is 3. The zero-order valence-electron chi connectivity index (χ0n) is 12.6. The molecule has 0 bridgehead atoms. The Kier molecular flexibility index (Phi) is 3.53. The number of carbonyl (C=O) groups is 3. The maximum atomic E-state index is 12.2. The van der Waals surface area contributed by atoms with Crippen LogP contribution >= 0.6 is 11.3 Å². The molecule has 1 aliphatic heterocycles. The van der Waals surface area contributed by atoms with Gasteiger partial charge in [-0.05, 0) is 18.3 Å². The molecule has 1 saturated heterocycles. The molecule has 1 fully saturated rings. The van der Waals surface area contributed by atoms with Gasteiger partial charge in [-0.3, -0.25) is 14.5 Å². The van der Waals surface area contributed by atoms with E-state index in [0.717, 1.165) is 21.1 Å². The number of hydrogen-bond donors (Lipinski definition) is 1. The number of hydrogen-bond acceptors (Lipinski definition) is 6. The predicted octanol–water partition coefficient (Wildman–Crippen LogP) is 1.26. The zero-order chi connectivity index (χ0) is 16.2. The molecule has 2 atom stereocenters. The summed E-state index contributed by atoms with van der Waals surface area (Å²) in [5, 5.41) is 9.83. The average molecular weight is 323 g/mol. The number of urea groups is 1. The van der Waals surface area contributed by atoms with Crippen molar-refractivity contribution in [1.29, 1.82) is 0 Å². The lowest BCUT2D eigenvalue weighted by Crippen LogP contribution is -2.31. The van der Waals surface area contributed by atoms with Crippen molar-refractivity contribution >= 4 is 34.2 Å². The number of anilines is 1. The molecule has 2 heterocycles. The van der Waals surface area contributed by atoms with Crippen LogP contribution in [0.25, 0.3) is 0 Å². The van der Waals surface area contributed by atoms with Gasteiger partial charge in [-0.15, -0.1) is 0 Å². The first-order valence-corrected chi connectivity index (χ1v) is 7.94. The van der Waals surface area contributed by atoms with Crippen molar-refractivity contribution < 1.29 is 19.5 Å². The van der Waals surface area contributed by atoms with Crippen LogP contribution in [-0.2, 0) is 11.2 Å². The molecule has 0 radical (unpaired) electrons. The molecular weight excluding hydrogens is 306 g/mol. The molecular formula is C14H17N3O4S. The number of nitrogens with zero attached hydrogens (tertiary/aromatic N) is 3. The smallest absolute Gasteiger partial charge is 0.335 e. The second-order valence-electron chi connectivity index (χ2n) is 6.05. The summed E-state index contributed by atoms with van der Waals surface area (Å²) < 4.78 is 0. The number of Topliss-reactive ketones (excluding diaryl/α,β-unsaturated/α-hetero) is 1. The van der Waals surface area contributed by atoms with Crippen LogP contribution in [0.4, 0.5) is 9.93 Å². The van der Waals surface area contributed by atoms with Crippen molar-refractivity contribution in [3.05, 3.63) is 10.6 Å². The number of ketones is 1. The summed E-state index contributed by atoms with van der Waals surface area (Å²) in [6, 6.07) is -0.628. The highest BCUT2D eigenvalue weighted by Crippen LogP contribution is 2.37. The van der Waals surface area contributed by atoms with Crippen LogP contribution in [0.3, 0.4) is 0 Å². The van der Waals surface area contributed by atoms with Crippen LogP contribution in [0.15, 0.2) is 0 Å². The van der Waals surface area contributed by atoms with Crippen molar-refractivity contribution in [3.63, 3.8) is 0 Å². The fourth-order valence-corrected chi connectivity index (χ4v) is 3.77. The number of imide groups is 1. The predicted molar refractivity (Wildman–Crippen MR) is 79.7 cm³/mol. The number of aliphatic hydroxyl groups excluding tert-OH is 1. The lowest BCUT2D eigenvalue weighted by Gasteiger charge is -2.23. The summed E-state index contributed by atoms with van der Waals surface area (Å²) in [4.78, 5) is 42.9. The summed E-state index contributed by atoms with van der Waals surface area (Å²) in [7, 11) is 1.35. The van der Waals surface area contributed by atoms with Crippen LogP contribution in [0.2, 0.25) is 0 Å². The fraction of sp³-hybridized carbons (Fsp3) is 0.571. The Morgan fingerprint density at radius 2 is 1.95 bits per heavy atom. The van der Waals surface area contributed by atoms with E-state index in [9.17, 15) is 19.5 Å². The highest BCUT2D eigenvalue weighted by Gasteiger charge is 2.45. The van der Waals surface area contributed by atoms with Crippen molar-refractivity contribution in [1.82, 2.24) is 9.88 Å². The number of fused-ring (bicyclic) bond motifs is 1. The van der Waals surface area contributed by atoms with Gasteiger partial charge in [-0.1, -0.05) is 25.2 Å². The monoisotopic (exact) mass is 323 g/mol. The topological polar surface area (TPSA) is 90.8 Å². The summed E-state index contributed by atoms with van der Waals surface area (Å²) in [5.41, 5.74) is 0.652. The maximum absolute atomic E-state index is 12.2. The lowest BCUT2D eigenvalue weighted by molar-refractivity contribution is -0.128. The standard InChI is InChI=1S/C14H17N3O4S/c1-6(2)7-4-8-10(9(18)5-7)22-13(15-8)17-12(20)11(19)16(3)14(17)21/h6-7,11,19H,4-5H2,1-3H3. The van der Waals surface area contributed by atoms with E-state index in [4.69, 9.17) is 0 Å². The maximum Gasteiger partial charge on any atom is 0.335 e. The Morgan fingerprint density at radius 1 is 1.27 bits per heavy atom. The van der Waals surface area contributed by atoms with E-state index in [1.807, 2.05) is 0 Å². The zero-order valence-corrected chi connectivity index (χ0v) is 13.4. The Labute approximate surface area is 131 Å². The average Bonchev–Trinajstić information content (AvgIpc) is 2.96. The first kappa shape index (κ1) is 15.1. The minimum Gasteiger partial charge on any atom is -0.365 e. The molecule has 7 nitrogen and oxygen atoms in total. The Bertz CT molecular complexity index is 649. The van der Waals surface area contributed by atoms with Crippen molar-refractivity contribution in [3.8, 4) is 0 Å². The number of rotatable bonds is 2. The fourth-order valence-electron chi connectivity index (χ4n) is 2.73. The van der Waals surface area contributed by atoms with E-state index in [1.165, 1.54) is 7.05 Å². The Morgan fingerprint density at radius 3 is 2.50 bits per heavy atom. The second-order valence-corrected chi connectivity index (χ2v) is 7.03. The highest BCUT2D eigenvalue weighted by molar-refractivity contribution is 7.18. The molecule has 1 aromatic rings. The molecule has 22 heavy (non-hydrogen) atoms. The van der Waals surface area contributed by atoms with Crippen molar-refractivity contribution in [2.75, 3.05) is 11.9 Å². The van der Waals surface area contributed by atoms with E-state index < -0.39 is 18.2 Å². The lowest BCUT2D eigenvalue weighted by atomic mass is 9.82. The summed E-state index contributed by atoms with van der Waals surface area (Å²) in [5.74, 6) is -0.124. The minimum atomic E-state index is -1.49. The van der Waals surface area contributed by atoms with Crippen LogP contribution < -0.4 is 4.90 Å². The Hall–Kier alpha value is -1.80. The molecule has 2 unspecified atom stereocenters. The quantitative estimate of drug-likeness (QED) is 0.828. The van der Waals surface area contributed by atoms with Crippen molar-refractivity contribution in [2.24, 2.45) is 11.8 Å². The van der Waals surface area contributed by atoms with E-state index in [1.54, 1.807) is 0 Å². The van der Waals surface area contributed by atoms with E-state index in [-0.39, 0.29) is 16.8 Å². The second kappa shape index (κ2) is 5.13. The molecule has 1 aliphatic carbocycles. The van der Waals surface area contributed by atoms with E-state index in [0.29, 0.717) is 29.3 Å². The molecule has 118 valence electrons. The number of thiazole rings is 1. The number of likely N-dealkylation sites (N-methyl/N-ethyl adjacent to an activating group) is 1. The molecule has 0 aromatic carbocycles. The van der Waals surface area contributed by atoms with Gasteiger partial charge < -0.3 is 5.11 Å². The van der Waals surface area contributed by atoms with Crippen LogP contribution in [-0.4, -0.2) is 46.0 Å². The van der Waals surface area contributed by atoms with Crippen LogP contribution in [0.5, 0.6) is 0 Å². The molecule has 3 amide bonds. The van der Waals surface area contributed by atoms with Crippen molar-refractivity contribution in [2.45, 2.75) is 32.9 Å². The van der Waals surface area contributed by atoms with Crippen LogP contribution in [0, 0.1) is 11.8 Å². The van der Waals surface area contributed by atoms with Gasteiger partial charge in [0, 0.05) is 13.5 Å². The molecule has 3 rings (SSSR count). The van der Waals surface area contributed by atoms with E-state index in [2.05, 4.69) is 18.8 Å². The minimum absolute atomic E-state index is 0.0108. The number of aliphatic hydroxyl groups is 1. The van der Waals surface area contributed by atoms with Crippen LogP contribution in [0.1, 0.15) is 35.6 Å². The summed E-state index contributed by atoms with van der Waals surface area (Å²) in [6.45, 7) is 4.13. The number of carbonyl (C=O) groups excluding carboxylic acids is 3. The van der Waals surface area contributed by atoms with Gasteiger partial charge in [-0.2, -0.15) is 0 Å². The van der Waals surface area contributed by atoms with Gasteiger partial charge in [0.2, 0.25) is 11.4 Å². The van der Waals surface area contributed by atoms with Gasteiger partial charge in [0.05, 0.1) is 10.6 Å². The summed E-state index contributed by atoms with van der Waals surface area (Å²) in [6.07, 6.45) is -0.354. The molecule has 2 aliphatic rings. The molecule has 8 heteroatoms. The highest BCUT2D eigenvalue weighted by atomic mass is 32.1. The largest absolute Gasteiger partial charge is 0.365 e. The first-order chi connectivity index (χ1) is 10.3. The van der Waals surface area contributed by atoms with Gasteiger partial charge in [0.25, 0.3) is 5.91 Å². The SMILES string of the molecule is CC(C)C1CC(=O)c2sc(N3C(=O)C(O)N(C)C3=O)nc2C1. The number of aromatic nitrogens is 1. The molecule has 1 N–H and O–H groups in total. The third-order valence-electron chi connectivity index (χ3n) is 4.28. The van der Waals surface area contributed by atoms with Gasteiger partial charge in [0.1, 0.15) is 0 Å². The van der Waals surface area contributed by atoms with Gasteiger partial charge in [0.15, 0.2) is 5.78 Å². The third kappa shape index (κ3) is 2.14.